The monoisotopic (exact) mass is 311 g/mol. The van der Waals surface area contributed by atoms with Crippen LogP contribution in [0.1, 0.15) is 24.4 Å². The molecule has 0 aliphatic carbocycles. The maximum Gasteiger partial charge on any atom is 0.175 e. The van der Waals surface area contributed by atoms with Gasteiger partial charge >= 0.3 is 0 Å². The van der Waals surface area contributed by atoms with E-state index in [-0.39, 0.29) is 6.04 Å². The first-order chi connectivity index (χ1) is 9.45. The van der Waals surface area contributed by atoms with Gasteiger partial charge < -0.3 is 5.32 Å². The van der Waals surface area contributed by atoms with Crippen molar-refractivity contribution in [1.82, 2.24) is 15.5 Å². The molecule has 0 radical (unpaired) electrons. The summed E-state index contributed by atoms with van der Waals surface area (Å²) in [5.74, 6) is 0. The summed E-state index contributed by atoms with van der Waals surface area (Å²) in [6, 6.07) is 6.98. The zero-order valence-electron chi connectivity index (χ0n) is 11.6. The first-order valence-electron chi connectivity index (χ1n) is 6.27. The quantitative estimate of drug-likeness (QED) is 0.917. The highest BCUT2D eigenvalue weighted by atomic mass is 32.2. The molecule has 0 spiro atoms. The Bertz CT molecular complexity index is 691. The number of hydrogen-bond acceptors (Lipinski definition) is 6. The lowest BCUT2D eigenvalue weighted by Crippen LogP contribution is -2.14. The predicted molar refractivity (Wildman–Crippen MR) is 80.5 cm³/mol. The van der Waals surface area contributed by atoms with Crippen molar-refractivity contribution in [2.75, 3.05) is 13.3 Å². The molecule has 1 heterocycles. The summed E-state index contributed by atoms with van der Waals surface area (Å²) in [7, 11) is -1.32. The van der Waals surface area contributed by atoms with E-state index in [2.05, 4.69) is 22.4 Å². The first-order valence-corrected chi connectivity index (χ1v) is 8.97. The average Bonchev–Trinajstić information content (AvgIpc) is 2.89. The second-order valence-electron chi connectivity index (χ2n) is 4.49. The van der Waals surface area contributed by atoms with E-state index in [1.807, 2.05) is 13.1 Å². The highest BCUT2D eigenvalue weighted by Crippen LogP contribution is 2.29. The molecule has 5 nitrogen and oxygen atoms in total. The van der Waals surface area contributed by atoms with Crippen LogP contribution in [0.2, 0.25) is 0 Å². The standard InChI is InChI=1S/C13H17N3O2S2/c1-4-11(14-2)13-16-15-12(19-13)9-6-5-7-10(8-9)20(3,17)18/h5-8,11,14H,4H2,1-3H3. The van der Waals surface area contributed by atoms with Crippen molar-refractivity contribution in [2.45, 2.75) is 24.3 Å². The number of aromatic nitrogens is 2. The van der Waals surface area contributed by atoms with Gasteiger partial charge in [0, 0.05) is 11.8 Å². The molecule has 1 atom stereocenters. The van der Waals surface area contributed by atoms with Crippen molar-refractivity contribution in [3.05, 3.63) is 29.3 Å². The molecule has 1 unspecified atom stereocenters. The Kier molecular flexibility index (Phi) is 4.52. The van der Waals surface area contributed by atoms with Crippen molar-refractivity contribution in [3.8, 4) is 10.6 Å². The molecule has 0 bridgehead atoms. The summed E-state index contributed by atoms with van der Waals surface area (Å²) in [6.07, 6.45) is 2.13. The lowest BCUT2D eigenvalue weighted by atomic mass is 10.2. The summed E-state index contributed by atoms with van der Waals surface area (Å²) < 4.78 is 23.2. The van der Waals surface area contributed by atoms with Crippen molar-refractivity contribution < 1.29 is 8.42 Å². The SMILES string of the molecule is CCC(NC)c1nnc(-c2cccc(S(C)(=O)=O)c2)s1. The molecule has 0 aliphatic rings. The molecule has 0 saturated heterocycles. The first kappa shape index (κ1) is 15.1. The largest absolute Gasteiger partial charge is 0.311 e. The molecule has 0 amide bonds. The molecule has 2 rings (SSSR count). The van der Waals surface area contributed by atoms with Gasteiger partial charge in [0.1, 0.15) is 10.0 Å². The van der Waals surface area contributed by atoms with Gasteiger partial charge in [-0.2, -0.15) is 0 Å². The average molecular weight is 311 g/mol. The third-order valence-electron chi connectivity index (χ3n) is 3.00. The summed E-state index contributed by atoms with van der Waals surface area (Å²) in [5.41, 5.74) is 0.780. The summed E-state index contributed by atoms with van der Waals surface area (Å²) in [5, 5.41) is 13.2. The fraction of sp³-hybridized carbons (Fsp3) is 0.385. The van der Waals surface area contributed by atoms with E-state index in [0.717, 1.165) is 22.0 Å². The van der Waals surface area contributed by atoms with Crippen molar-refractivity contribution in [3.63, 3.8) is 0 Å². The summed E-state index contributed by atoms with van der Waals surface area (Å²) in [6.45, 7) is 2.08. The second-order valence-corrected chi connectivity index (χ2v) is 7.52. The van der Waals surface area contributed by atoms with E-state index in [1.165, 1.54) is 17.6 Å². The fourth-order valence-corrected chi connectivity index (χ4v) is 3.55. The van der Waals surface area contributed by atoms with E-state index in [0.29, 0.717) is 4.90 Å². The van der Waals surface area contributed by atoms with Gasteiger partial charge in [0.05, 0.1) is 10.9 Å². The minimum absolute atomic E-state index is 0.180. The Morgan fingerprint density at radius 1 is 1.35 bits per heavy atom. The number of benzene rings is 1. The highest BCUT2D eigenvalue weighted by molar-refractivity contribution is 7.90. The van der Waals surface area contributed by atoms with E-state index in [4.69, 9.17) is 0 Å². The molecule has 0 aliphatic heterocycles. The lowest BCUT2D eigenvalue weighted by molar-refractivity contribution is 0.568. The van der Waals surface area contributed by atoms with Gasteiger partial charge in [-0.3, -0.25) is 0 Å². The number of nitrogens with one attached hydrogen (secondary N) is 1. The van der Waals surface area contributed by atoms with Gasteiger partial charge in [-0.25, -0.2) is 8.42 Å². The summed E-state index contributed by atoms with van der Waals surface area (Å²) in [4.78, 5) is 0.299. The van der Waals surface area contributed by atoms with Crippen LogP contribution in [0.4, 0.5) is 0 Å². The molecule has 1 aromatic heterocycles. The number of hydrogen-bond donors (Lipinski definition) is 1. The van der Waals surface area contributed by atoms with Gasteiger partial charge in [0.15, 0.2) is 9.84 Å². The Morgan fingerprint density at radius 2 is 2.10 bits per heavy atom. The van der Waals surface area contributed by atoms with Crippen LogP contribution in [0.5, 0.6) is 0 Å². The Labute approximate surface area is 123 Å². The van der Waals surface area contributed by atoms with Crippen molar-refractivity contribution >= 4 is 21.2 Å². The van der Waals surface area contributed by atoms with Gasteiger partial charge in [-0.05, 0) is 25.6 Å². The van der Waals surface area contributed by atoms with E-state index < -0.39 is 9.84 Å². The molecule has 1 aromatic carbocycles. The smallest absolute Gasteiger partial charge is 0.175 e. The van der Waals surface area contributed by atoms with Crippen LogP contribution in [0.3, 0.4) is 0 Å². The Balaban J connectivity index is 2.38. The maximum absolute atomic E-state index is 11.6. The Morgan fingerprint density at radius 3 is 2.70 bits per heavy atom. The van der Waals surface area contributed by atoms with Crippen LogP contribution >= 0.6 is 11.3 Å². The van der Waals surface area contributed by atoms with Crippen molar-refractivity contribution in [1.29, 1.82) is 0 Å². The van der Waals surface area contributed by atoms with E-state index >= 15 is 0 Å². The minimum Gasteiger partial charge on any atom is -0.311 e. The molecule has 7 heteroatoms. The molecule has 0 saturated carbocycles. The van der Waals surface area contributed by atoms with Gasteiger partial charge in [0.25, 0.3) is 0 Å². The van der Waals surface area contributed by atoms with Gasteiger partial charge in [-0.15, -0.1) is 10.2 Å². The summed E-state index contributed by atoms with van der Waals surface area (Å²) >= 11 is 1.48. The normalized spacial score (nSPS) is 13.3. The van der Waals surface area contributed by atoms with Gasteiger partial charge in [-0.1, -0.05) is 30.4 Å². The molecule has 2 aromatic rings. The number of nitrogens with zero attached hydrogens (tertiary/aromatic N) is 2. The fourth-order valence-electron chi connectivity index (χ4n) is 1.85. The lowest BCUT2D eigenvalue weighted by Gasteiger charge is -2.08. The highest BCUT2D eigenvalue weighted by Gasteiger charge is 2.15. The number of sulfone groups is 1. The Hall–Kier alpha value is -1.31. The molecule has 20 heavy (non-hydrogen) atoms. The molecular weight excluding hydrogens is 294 g/mol. The third-order valence-corrected chi connectivity index (χ3v) is 5.20. The van der Waals surface area contributed by atoms with E-state index in [9.17, 15) is 8.42 Å². The van der Waals surface area contributed by atoms with Gasteiger partial charge in [0.2, 0.25) is 0 Å². The van der Waals surface area contributed by atoms with Crippen molar-refractivity contribution in [2.24, 2.45) is 0 Å². The van der Waals surface area contributed by atoms with Crippen LogP contribution in [0.25, 0.3) is 10.6 Å². The van der Waals surface area contributed by atoms with Crippen LogP contribution in [0.15, 0.2) is 29.2 Å². The second kappa shape index (κ2) is 5.99. The topological polar surface area (TPSA) is 72.0 Å². The maximum atomic E-state index is 11.6. The third kappa shape index (κ3) is 3.23. The van der Waals surface area contributed by atoms with Crippen LogP contribution in [-0.4, -0.2) is 31.9 Å². The molecule has 0 fully saturated rings. The molecule has 1 N–H and O–H groups in total. The zero-order chi connectivity index (χ0) is 14.8. The predicted octanol–water partition coefficient (Wildman–Crippen LogP) is 2.28. The zero-order valence-corrected chi connectivity index (χ0v) is 13.3. The van der Waals surface area contributed by atoms with Crippen LogP contribution in [0, 0.1) is 0 Å². The van der Waals surface area contributed by atoms with Crippen LogP contribution in [-0.2, 0) is 9.84 Å². The number of rotatable bonds is 5. The minimum atomic E-state index is -3.21. The van der Waals surface area contributed by atoms with E-state index in [1.54, 1.807) is 18.2 Å². The van der Waals surface area contributed by atoms with Crippen LogP contribution < -0.4 is 5.32 Å². The molecular formula is C13H17N3O2S2. The molecule has 108 valence electrons.